The van der Waals surface area contributed by atoms with Crippen molar-refractivity contribution >= 4 is 27.5 Å². The molecule has 1 heterocycles. The standard InChI is InChI=1S/C10H7N5OS/c11-5-6-2-1-3-7(4-6)8(16)13-10-15-14-9(12)17-10/h1-4H,(H2,12,14)(H,13,15,16). The Bertz CT molecular complexity index is 601. The van der Waals surface area contributed by atoms with Gasteiger partial charge in [-0.25, -0.2) is 0 Å². The molecule has 84 valence electrons. The zero-order valence-electron chi connectivity index (χ0n) is 8.54. The lowest BCUT2D eigenvalue weighted by atomic mass is 10.1. The van der Waals surface area contributed by atoms with Gasteiger partial charge in [0.15, 0.2) is 0 Å². The lowest BCUT2D eigenvalue weighted by Gasteiger charge is -2.00. The summed E-state index contributed by atoms with van der Waals surface area (Å²) in [5.41, 5.74) is 6.20. The molecule has 1 aromatic carbocycles. The van der Waals surface area contributed by atoms with Gasteiger partial charge in [-0.15, -0.1) is 10.2 Å². The van der Waals surface area contributed by atoms with Crippen LogP contribution in [0.3, 0.4) is 0 Å². The summed E-state index contributed by atoms with van der Waals surface area (Å²) < 4.78 is 0. The lowest BCUT2D eigenvalue weighted by Crippen LogP contribution is -2.11. The van der Waals surface area contributed by atoms with E-state index in [4.69, 9.17) is 11.0 Å². The van der Waals surface area contributed by atoms with Gasteiger partial charge in [0.05, 0.1) is 11.6 Å². The second kappa shape index (κ2) is 4.59. The summed E-state index contributed by atoms with van der Waals surface area (Å²) in [6.45, 7) is 0. The molecule has 0 aliphatic rings. The number of nitrogen functional groups attached to an aromatic ring is 1. The third-order valence-electron chi connectivity index (χ3n) is 1.91. The molecule has 0 atom stereocenters. The highest BCUT2D eigenvalue weighted by Gasteiger charge is 2.09. The lowest BCUT2D eigenvalue weighted by molar-refractivity contribution is 0.102. The van der Waals surface area contributed by atoms with Gasteiger partial charge in [-0.3, -0.25) is 10.1 Å². The van der Waals surface area contributed by atoms with E-state index in [-0.39, 0.29) is 11.0 Å². The van der Waals surface area contributed by atoms with Crippen LogP contribution in [-0.4, -0.2) is 16.1 Å². The summed E-state index contributed by atoms with van der Waals surface area (Å²) in [6, 6.07) is 8.34. The van der Waals surface area contributed by atoms with Gasteiger partial charge in [0.2, 0.25) is 10.3 Å². The molecule has 0 unspecified atom stereocenters. The number of nitrogens with one attached hydrogen (secondary N) is 1. The number of hydrogen-bond acceptors (Lipinski definition) is 6. The fourth-order valence-electron chi connectivity index (χ4n) is 1.18. The molecule has 1 aromatic heterocycles. The summed E-state index contributed by atoms with van der Waals surface area (Å²) in [7, 11) is 0. The second-order valence-corrected chi connectivity index (χ2v) is 4.10. The Morgan fingerprint density at radius 1 is 1.47 bits per heavy atom. The van der Waals surface area contributed by atoms with Crippen LogP contribution >= 0.6 is 11.3 Å². The molecule has 0 radical (unpaired) electrons. The summed E-state index contributed by atoms with van der Waals surface area (Å²) >= 11 is 1.08. The van der Waals surface area contributed by atoms with E-state index in [0.717, 1.165) is 11.3 Å². The molecule has 1 amide bonds. The van der Waals surface area contributed by atoms with E-state index in [1.54, 1.807) is 18.2 Å². The molecule has 3 N–H and O–H groups in total. The van der Waals surface area contributed by atoms with Crippen molar-refractivity contribution in [3.8, 4) is 6.07 Å². The van der Waals surface area contributed by atoms with Crippen molar-refractivity contribution < 1.29 is 4.79 Å². The Morgan fingerprint density at radius 2 is 2.29 bits per heavy atom. The van der Waals surface area contributed by atoms with Gasteiger partial charge >= 0.3 is 0 Å². The number of carbonyl (C=O) groups excluding carboxylic acids is 1. The van der Waals surface area contributed by atoms with E-state index >= 15 is 0 Å². The molecule has 0 saturated heterocycles. The number of aromatic nitrogens is 2. The smallest absolute Gasteiger partial charge is 0.257 e. The normalized spacial score (nSPS) is 9.59. The van der Waals surface area contributed by atoms with Crippen molar-refractivity contribution in [1.82, 2.24) is 10.2 Å². The molecule has 2 aromatic rings. The average molecular weight is 245 g/mol. The van der Waals surface area contributed by atoms with Gasteiger partial charge < -0.3 is 5.73 Å². The molecule has 17 heavy (non-hydrogen) atoms. The average Bonchev–Trinajstić information content (AvgIpc) is 2.75. The highest BCUT2D eigenvalue weighted by atomic mass is 32.1. The largest absolute Gasteiger partial charge is 0.374 e. The third-order valence-corrected chi connectivity index (χ3v) is 2.58. The van der Waals surface area contributed by atoms with E-state index < -0.39 is 0 Å². The molecule has 6 nitrogen and oxygen atoms in total. The Balaban J connectivity index is 2.17. The molecule has 0 fully saturated rings. The van der Waals surface area contributed by atoms with Gasteiger partial charge in [-0.2, -0.15) is 5.26 Å². The first kappa shape index (κ1) is 11.0. The monoisotopic (exact) mass is 245 g/mol. The highest BCUT2D eigenvalue weighted by Crippen LogP contribution is 2.17. The quantitative estimate of drug-likeness (QED) is 0.828. The van der Waals surface area contributed by atoms with Crippen LogP contribution in [0.4, 0.5) is 10.3 Å². The summed E-state index contributed by atoms with van der Waals surface area (Å²) in [5.74, 6) is -0.349. The second-order valence-electron chi connectivity index (χ2n) is 3.09. The first-order valence-corrected chi connectivity index (χ1v) is 5.41. The van der Waals surface area contributed by atoms with Gasteiger partial charge in [0.1, 0.15) is 0 Å². The molecule has 2 rings (SSSR count). The van der Waals surface area contributed by atoms with Crippen molar-refractivity contribution in [3.05, 3.63) is 35.4 Å². The van der Waals surface area contributed by atoms with Crippen LogP contribution in [0.15, 0.2) is 24.3 Å². The maximum Gasteiger partial charge on any atom is 0.257 e. The number of amides is 1. The number of rotatable bonds is 2. The molecule has 0 aliphatic heterocycles. The van der Waals surface area contributed by atoms with Crippen LogP contribution in [0.5, 0.6) is 0 Å². The van der Waals surface area contributed by atoms with E-state index in [0.29, 0.717) is 16.3 Å². The topological polar surface area (TPSA) is 105 Å². The Morgan fingerprint density at radius 3 is 2.94 bits per heavy atom. The van der Waals surface area contributed by atoms with E-state index in [9.17, 15) is 4.79 Å². The predicted molar refractivity (Wildman–Crippen MR) is 63.4 cm³/mol. The summed E-state index contributed by atoms with van der Waals surface area (Å²) in [5, 5.41) is 19.1. The fraction of sp³-hybridized carbons (Fsp3) is 0. The number of benzene rings is 1. The predicted octanol–water partition coefficient (Wildman–Crippen LogP) is 1.24. The first-order chi connectivity index (χ1) is 8.19. The molecule has 0 aliphatic carbocycles. The number of nitrogens with two attached hydrogens (primary N) is 1. The first-order valence-electron chi connectivity index (χ1n) is 4.59. The summed E-state index contributed by atoms with van der Waals surface area (Å²) in [4.78, 5) is 11.8. The van der Waals surface area contributed by atoms with Gasteiger partial charge in [-0.1, -0.05) is 17.4 Å². The number of carbonyl (C=O) groups is 1. The maximum atomic E-state index is 11.8. The summed E-state index contributed by atoms with van der Waals surface area (Å²) in [6.07, 6.45) is 0. The van der Waals surface area contributed by atoms with Crippen molar-refractivity contribution in [2.24, 2.45) is 0 Å². The van der Waals surface area contributed by atoms with Crippen molar-refractivity contribution in [2.45, 2.75) is 0 Å². The van der Waals surface area contributed by atoms with Gasteiger partial charge in [0.25, 0.3) is 5.91 Å². The van der Waals surface area contributed by atoms with Crippen LogP contribution in [-0.2, 0) is 0 Å². The third kappa shape index (κ3) is 2.56. The Hall–Kier alpha value is -2.46. The van der Waals surface area contributed by atoms with Crippen molar-refractivity contribution in [1.29, 1.82) is 5.26 Å². The molecule has 0 spiro atoms. The number of hydrogen-bond donors (Lipinski definition) is 2. The Kier molecular flexibility index (Phi) is 2.98. The molecule has 0 bridgehead atoms. The number of anilines is 2. The highest BCUT2D eigenvalue weighted by molar-refractivity contribution is 7.19. The zero-order valence-corrected chi connectivity index (χ0v) is 9.36. The van der Waals surface area contributed by atoms with E-state index in [1.165, 1.54) is 6.07 Å². The fourth-order valence-corrected chi connectivity index (χ4v) is 1.69. The van der Waals surface area contributed by atoms with Crippen molar-refractivity contribution in [3.63, 3.8) is 0 Å². The van der Waals surface area contributed by atoms with Crippen LogP contribution in [0.25, 0.3) is 0 Å². The van der Waals surface area contributed by atoms with Crippen LogP contribution in [0, 0.1) is 11.3 Å². The van der Waals surface area contributed by atoms with Gasteiger partial charge in [0, 0.05) is 5.56 Å². The number of nitriles is 1. The minimum Gasteiger partial charge on any atom is -0.374 e. The number of nitrogens with zero attached hydrogens (tertiary/aromatic N) is 3. The van der Waals surface area contributed by atoms with Crippen LogP contribution < -0.4 is 11.1 Å². The van der Waals surface area contributed by atoms with E-state index in [2.05, 4.69) is 15.5 Å². The zero-order chi connectivity index (χ0) is 12.3. The molecule has 0 saturated carbocycles. The van der Waals surface area contributed by atoms with Crippen LogP contribution in [0.1, 0.15) is 15.9 Å². The Labute approximate surface area is 101 Å². The van der Waals surface area contributed by atoms with Crippen LogP contribution in [0.2, 0.25) is 0 Å². The SMILES string of the molecule is N#Cc1cccc(C(=O)Nc2nnc(N)s2)c1. The minimum absolute atomic E-state index is 0.283. The van der Waals surface area contributed by atoms with E-state index in [1.807, 2.05) is 6.07 Å². The van der Waals surface area contributed by atoms with Gasteiger partial charge in [-0.05, 0) is 18.2 Å². The maximum absolute atomic E-state index is 11.8. The minimum atomic E-state index is -0.349. The van der Waals surface area contributed by atoms with Crippen molar-refractivity contribution in [2.75, 3.05) is 11.1 Å². The molecule has 7 heteroatoms. The molecular formula is C10H7N5OS. The molecular weight excluding hydrogens is 238 g/mol.